The highest BCUT2D eigenvalue weighted by molar-refractivity contribution is 8.01. The largest absolute Gasteiger partial charge is 0.382 e. The minimum atomic E-state index is -0.00616. The number of aliphatic imine (C=N–C) groups is 1. The predicted octanol–water partition coefficient (Wildman–Crippen LogP) is 2.04. The molecule has 14 heavy (non-hydrogen) atoms. The number of nitrogens with zero attached hydrogens (tertiary/aromatic N) is 3. The van der Waals surface area contributed by atoms with Crippen LogP contribution in [0.25, 0.3) is 0 Å². The summed E-state index contributed by atoms with van der Waals surface area (Å²) < 4.78 is -0.00616. The van der Waals surface area contributed by atoms with Gasteiger partial charge >= 0.3 is 0 Å². The molecule has 5 heteroatoms. The van der Waals surface area contributed by atoms with Crippen molar-refractivity contribution < 1.29 is 0 Å². The van der Waals surface area contributed by atoms with E-state index in [0.29, 0.717) is 11.5 Å². The number of nitrogens with two attached hydrogens (primary N) is 1. The highest BCUT2D eigenvalue weighted by Crippen LogP contribution is 2.44. The Morgan fingerprint density at radius 2 is 2.07 bits per heavy atom. The molecule has 0 spiro atoms. The Morgan fingerprint density at radius 3 is 2.79 bits per heavy atom. The molecule has 0 saturated heterocycles. The highest BCUT2D eigenvalue weighted by atomic mass is 32.2. The van der Waals surface area contributed by atoms with Gasteiger partial charge in [-0.2, -0.15) is 0 Å². The van der Waals surface area contributed by atoms with Gasteiger partial charge in [-0.05, 0) is 20.8 Å². The first-order chi connectivity index (χ1) is 6.50. The third-order valence-electron chi connectivity index (χ3n) is 2.32. The van der Waals surface area contributed by atoms with Gasteiger partial charge in [-0.3, -0.25) is 0 Å². The summed E-state index contributed by atoms with van der Waals surface area (Å²) in [6.45, 7) is 6.25. The third kappa shape index (κ3) is 1.37. The number of rotatable bonds is 0. The van der Waals surface area contributed by atoms with Crippen LogP contribution in [0.1, 0.15) is 20.8 Å². The number of nitrogen functional groups attached to an aromatic ring is 1. The van der Waals surface area contributed by atoms with E-state index < -0.39 is 0 Å². The molecule has 0 radical (unpaired) electrons. The van der Waals surface area contributed by atoms with Crippen molar-refractivity contribution in [2.45, 2.75) is 30.5 Å². The number of fused-ring (bicyclic) bond motifs is 1. The van der Waals surface area contributed by atoms with Crippen molar-refractivity contribution in [1.29, 1.82) is 0 Å². The van der Waals surface area contributed by atoms with Crippen LogP contribution in [-0.2, 0) is 0 Å². The van der Waals surface area contributed by atoms with Gasteiger partial charge in [0.1, 0.15) is 17.0 Å². The molecule has 0 amide bonds. The van der Waals surface area contributed by atoms with Gasteiger partial charge in [-0.15, -0.1) is 0 Å². The van der Waals surface area contributed by atoms with E-state index in [1.807, 2.05) is 6.92 Å². The molecule has 2 heterocycles. The molecule has 0 aromatic carbocycles. The molecular formula is C9H12N4S. The molecule has 0 bridgehead atoms. The minimum Gasteiger partial charge on any atom is -0.382 e. The fraction of sp³-hybridized carbons (Fsp3) is 0.444. The summed E-state index contributed by atoms with van der Waals surface area (Å²) in [5, 5.41) is 0.869. The lowest BCUT2D eigenvalue weighted by Gasteiger charge is -2.28. The standard InChI is InChI=1S/C9H12N4S/c1-5-9(2,3)14-8-6(13-5)7(10)11-4-12-8/h4H,1-3H3,(H2,10,11,12). The van der Waals surface area contributed by atoms with Crippen molar-refractivity contribution in [2.75, 3.05) is 5.73 Å². The van der Waals surface area contributed by atoms with E-state index in [-0.39, 0.29) is 4.75 Å². The van der Waals surface area contributed by atoms with Gasteiger partial charge < -0.3 is 5.73 Å². The second-order valence-corrected chi connectivity index (χ2v) is 5.33. The average Bonchev–Trinajstić information content (AvgIpc) is 2.08. The van der Waals surface area contributed by atoms with E-state index in [9.17, 15) is 0 Å². The molecule has 0 unspecified atom stereocenters. The molecule has 1 aromatic heterocycles. The third-order valence-corrected chi connectivity index (χ3v) is 3.62. The summed E-state index contributed by atoms with van der Waals surface area (Å²) in [4.78, 5) is 12.5. The summed E-state index contributed by atoms with van der Waals surface area (Å²) in [5.74, 6) is 0.456. The number of anilines is 1. The maximum absolute atomic E-state index is 5.72. The topological polar surface area (TPSA) is 64.2 Å². The van der Waals surface area contributed by atoms with Gasteiger partial charge in [-0.25, -0.2) is 15.0 Å². The first-order valence-corrected chi connectivity index (χ1v) is 5.17. The van der Waals surface area contributed by atoms with Crippen LogP contribution < -0.4 is 5.73 Å². The molecule has 0 aliphatic carbocycles. The van der Waals surface area contributed by atoms with Crippen LogP contribution in [0.15, 0.2) is 16.3 Å². The lowest BCUT2D eigenvalue weighted by Crippen LogP contribution is -2.27. The van der Waals surface area contributed by atoms with Crippen molar-refractivity contribution in [3.05, 3.63) is 6.33 Å². The predicted molar refractivity (Wildman–Crippen MR) is 59.1 cm³/mol. The monoisotopic (exact) mass is 208 g/mol. The molecule has 0 atom stereocenters. The van der Waals surface area contributed by atoms with Crippen LogP contribution in [0.2, 0.25) is 0 Å². The molecule has 2 rings (SSSR count). The lowest BCUT2D eigenvalue weighted by atomic mass is 10.1. The maximum atomic E-state index is 5.72. The molecule has 1 aliphatic heterocycles. The van der Waals surface area contributed by atoms with E-state index in [0.717, 1.165) is 10.7 Å². The molecule has 1 aromatic rings. The summed E-state index contributed by atoms with van der Waals surface area (Å²) in [6, 6.07) is 0. The molecule has 0 fully saturated rings. The first-order valence-electron chi connectivity index (χ1n) is 4.36. The van der Waals surface area contributed by atoms with Crippen LogP contribution in [0.5, 0.6) is 0 Å². The van der Waals surface area contributed by atoms with Gasteiger partial charge in [0, 0.05) is 5.71 Å². The minimum absolute atomic E-state index is 0.00616. The van der Waals surface area contributed by atoms with Crippen molar-refractivity contribution in [1.82, 2.24) is 9.97 Å². The van der Waals surface area contributed by atoms with Gasteiger partial charge in [0.05, 0.1) is 4.75 Å². The van der Waals surface area contributed by atoms with E-state index >= 15 is 0 Å². The quantitative estimate of drug-likeness (QED) is 0.663. The Kier molecular flexibility index (Phi) is 1.99. The van der Waals surface area contributed by atoms with Crippen LogP contribution in [0.3, 0.4) is 0 Å². The number of aromatic nitrogens is 2. The molecule has 74 valence electrons. The van der Waals surface area contributed by atoms with Crippen LogP contribution in [0, 0.1) is 0 Å². The summed E-state index contributed by atoms with van der Waals surface area (Å²) in [6.07, 6.45) is 1.48. The van der Waals surface area contributed by atoms with Gasteiger partial charge in [0.2, 0.25) is 0 Å². The fourth-order valence-electron chi connectivity index (χ4n) is 1.17. The van der Waals surface area contributed by atoms with E-state index in [4.69, 9.17) is 5.73 Å². The SMILES string of the molecule is CC1=Nc2c(N)ncnc2SC1(C)C. The van der Waals surface area contributed by atoms with Crippen molar-refractivity contribution >= 4 is 29.0 Å². The average molecular weight is 208 g/mol. The second-order valence-electron chi connectivity index (χ2n) is 3.72. The Labute approximate surface area is 87.0 Å². The molecule has 2 N–H and O–H groups in total. The maximum Gasteiger partial charge on any atom is 0.153 e. The fourth-order valence-corrected chi connectivity index (χ4v) is 2.20. The second kappa shape index (κ2) is 2.95. The number of thioether (sulfide) groups is 1. The van der Waals surface area contributed by atoms with E-state index in [2.05, 4.69) is 28.8 Å². The molecule has 1 aliphatic rings. The van der Waals surface area contributed by atoms with Crippen LogP contribution in [-0.4, -0.2) is 20.4 Å². The zero-order valence-electron chi connectivity index (χ0n) is 8.40. The van der Waals surface area contributed by atoms with Gasteiger partial charge in [-0.1, -0.05) is 11.8 Å². The first kappa shape index (κ1) is 9.45. The summed E-state index contributed by atoms with van der Waals surface area (Å²) in [7, 11) is 0. The Balaban J connectivity index is 2.59. The summed E-state index contributed by atoms with van der Waals surface area (Å²) >= 11 is 1.67. The Hall–Kier alpha value is -1.10. The normalized spacial score (nSPS) is 18.6. The van der Waals surface area contributed by atoms with E-state index in [1.165, 1.54) is 6.33 Å². The molecule has 4 nitrogen and oxygen atoms in total. The summed E-state index contributed by atoms with van der Waals surface area (Å²) in [5.41, 5.74) is 7.49. The Bertz CT molecular complexity index is 411. The molecular weight excluding hydrogens is 196 g/mol. The lowest BCUT2D eigenvalue weighted by molar-refractivity contribution is 0.910. The molecule has 0 saturated carbocycles. The van der Waals surface area contributed by atoms with E-state index in [1.54, 1.807) is 11.8 Å². The smallest absolute Gasteiger partial charge is 0.153 e. The zero-order chi connectivity index (χ0) is 10.3. The number of hydrogen-bond acceptors (Lipinski definition) is 5. The van der Waals surface area contributed by atoms with Crippen LogP contribution >= 0.6 is 11.8 Å². The van der Waals surface area contributed by atoms with Gasteiger partial charge in [0.15, 0.2) is 5.82 Å². The number of hydrogen-bond donors (Lipinski definition) is 1. The van der Waals surface area contributed by atoms with Crippen molar-refractivity contribution in [2.24, 2.45) is 4.99 Å². The van der Waals surface area contributed by atoms with Gasteiger partial charge in [0.25, 0.3) is 0 Å². The van der Waals surface area contributed by atoms with Crippen molar-refractivity contribution in [3.63, 3.8) is 0 Å². The van der Waals surface area contributed by atoms with Crippen molar-refractivity contribution in [3.8, 4) is 0 Å². The van der Waals surface area contributed by atoms with Crippen LogP contribution in [0.4, 0.5) is 11.5 Å². The zero-order valence-corrected chi connectivity index (χ0v) is 9.22. The Morgan fingerprint density at radius 1 is 1.36 bits per heavy atom. The highest BCUT2D eigenvalue weighted by Gasteiger charge is 2.30.